The Morgan fingerprint density at radius 1 is 0.969 bits per heavy atom. The molecule has 7 aliphatic rings. The topological polar surface area (TPSA) is 41.8 Å². The lowest BCUT2D eigenvalue weighted by molar-refractivity contribution is -0.00628. The van der Waals surface area contributed by atoms with Crippen LogP contribution in [0.1, 0.15) is 100 Å². The van der Waals surface area contributed by atoms with E-state index in [4.69, 9.17) is 4.84 Å². The van der Waals surface area contributed by atoms with Crippen LogP contribution in [0.15, 0.2) is 17.3 Å². The van der Waals surface area contributed by atoms with E-state index in [9.17, 15) is 5.11 Å². The number of phenolic OH excluding ortho intramolecular Hbond substituents is 1. The first kappa shape index (κ1) is 19.9. The molecule has 3 nitrogen and oxygen atoms in total. The zero-order valence-corrected chi connectivity index (χ0v) is 19.9. The van der Waals surface area contributed by atoms with Crippen LogP contribution in [0.5, 0.6) is 5.75 Å². The summed E-state index contributed by atoms with van der Waals surface area (Å²) in [5.41, 5.74) is 6.23. The Morgan fingerprint density at radius 2 is 1.69 bits per heavy atom. The lowest BCUT2D eigenvalue weighted by Gasteiger charge is -2.57. The van der Waals surface area contributed by atoms with E-state index in [1.165, 1.54) is 81.0 Å². The van der Waals surface area contributed by atoms with Crippen LogP contribution in [0.4, 0.5) is 0 Å². The van der Waals surface area contributed by atoms with Gasteiger partial charge in [-0.25, -0.2) is 0 Å². The first-order valence-electron chi connectivity index (χ1n) is 13.5. The van der Waals surface area contributed by atoms with Crippen LogP contribution < -0.4 is 0 Å². The molecule has 0 saturated heterocycles. The first-order chi connectivity index (χ1) is 15.5. The summed E-state index contributed by atoms with van der Waals surface area (Å²) in [6, 6.07) is 4.76. The van der Waals surface area contributed by atoms with Gasteiger partial charge in [-0.05, 0) is 135 Å². The molecule has 1 aromatic rings. The molecule has 4 atom stereocenters. The minimum Gasteiger partial charge on any atom is -0.508 e. The van der Waals surface area contributed by atoms with Crippen LogP contribution in [-0.4, -0.2) is 17.9 Å². The van der Waals surface area contributed by atoms with E-state index < -0.39 is 0 Å². The summed E-state index contributed by atoms with van der Waals surface area (Å²) in [6.45, 7) is 2.46. The zero-order chi connectivity index (χ0) is 21.7. The molecule has 172 valence electrons. The van der Waals surface area contributed by atoms with Gasteiger partial charge in [0, 0.05) is 11.0 Å². The third kappa shape index (κ3) is 2.63. The molecule has 0 aliphatic heterocycles. The number of benzene rings is 1. The van der Waals surface area contributed by atoms with E-state index in [-0.39, 0.29) is 10.8 Å². The Bertz CT molecular complexity index is 944. The van der Waals surface area contributed by atoms with E-state index in [2.05, 4.69) is 24.2 Å². The summed E-state index contributed by atoms with van der Waals surface area (Å²) < 4.78 is 0. The number of oxime groups is 1. The fourth-order valence-corrected chi connectivity index (χ4v) is 10.5. The number of hydrogen-bond acceptors (Lipinski definition) is 3. The van der Waals surface area contributed by atoms with Crippen molar-refractivity contribution in [1.82, 2.24) is 0 Å². The molecule has 0 spiro atoms. The minimum atomic E-state index is 0.231. The molecular formula is C29H39NO2. The van der Waals surface area contributed by atoms with Crippen molar-refractivity contribution < 1.29 is 9.94 Å². The average molecular weight is 434 g/mol. The SMILES string of the molecule is CO/N=C1\CCC2C3CCc4cc(O)c(C56CC7CC(CC(C7)C5)C6)cc4C3CC[C@]12C. The lowest BCUT2D eigenvalue weighted by atomic mass is 9.47. The molecule has 3 heteroatoms. The van der Waals surface area contributed by atoms with Gasteiger partial charge < -0.3 is 9.94 Å². The number of aryl methyl sites for hydroxylation is 1. The maximum Gasteiger partial charge on any atom is 0.119 e. The standard InChI is InChI=1S/C29H39NO2/c1-28-8-7-21-22(24(28)5-6-27(28)30-32-2)4-3-20-12-26(31)25(13-23(20)21)29-14-17-9-18(15-29)11-19(10-17)16-29/h12-13,17-19,21-22,24,31H,3-11,14-16H2,1-2H3/b30-27+/t17?,18?,19?,21?,22?,24?,28-,29?/m0/s1. The molecule has 1 aromatic carbocycles. The van der Waals surface area contributed by atoms with E-state index in [1.54, 1.807) is 12.7 Å². The van der Waals surface area contributed by atoms with Gasteiger partial charge in [-0.1, -0.05) is 18.1 Å². The molecule has 1 N–H and O–H groups in total. The fourth-order valence-electron chi connectivity index (χ4n) is 10.5. The van der Waals surface area contributed by atoms with Crippen molar-refractivity contribution in [3.05, 3.63) is 28.8 Å². The molecule has 32 heavy (non-hydrogen) atoms. The van der Waals surface area contributed by atoms with Crippen LogP contribution in [0.25, 0.3) is 0 Å². The van der Waals surface area contributed by atoms with Gasteiger partial charge >= 0.3 is 0 Å². The Labute approximate surface area is 193 Å². The van der Waals surface area contributed by atoms with Gasteiger partial charge in [0.2, 0.25) is 0 Å². The number of aromatic hydroxyl groups is 1. The molecule has 8 rings (SSSR count). The number of fused-ring (bicyclic) bond motifs is 5. The molecule has 3 unspecified atom stereocenters. The van der Waals surface area contributed by atoms with Crippen LogP contribution in [0.2, 0.25) is 0 Å². The van der Waals surface area contributed by atoms with Crippen molar-refractivity contribution in [2.45, 2.75) is 95.3 Å². The highest BCUT2D eigenvalue weighted by molar-refractivity contribution is 5.92. The highest BCUT2D eigenvalue weighted by Gasteiger charge is 2.55. The second kappa shape index (κ2) is 6.76. The Morgan fingerprint density at radius 3 is 2.38 bits per heavy atom. The smallest absolute Gasteiger partial charge is 0.119 e. The summed E-state index contributed by atoms with van der Waals surface area (Å²) in [7, 11) is 1.70. The van der Waals surface area contributed by atoms with Crippen LogP contribution >= 0.6 is 0 Å². The summed E-state index contributed by atoms with van der Waals surface area (Å²) in [5.74, 6) is 5.54. The molecule has 0 radical (unpaired) electrons. The summed E-state index contributed by atoms with van der Waals surface area (Å²) in [6.07, 6.45) is 15.7. The van der Waals surface area contributed by atoms with E-state index in [0.717, 1.165) is 42.4 Å². The first-order valence-corrected chi connectivity index (χ1v) is 13.5. The largest absolute Gasteiger partial charge is 0.508 e. The van der Waals surface area contributed by atoms with Crippen molar-refractivity contribution in [1.29, 1.82) is 0 Å². The molecule has 6 fully saturated rings. The normalized spacial score (nSPS) is 47.2. The van der Waals surface area contributed by atoms with Gasteiger partial charge in [0.1, 0.15) is 12.9 Å². The summed E-state index contributed by atoms with van der Waals surface area (Å²) in [5, 5.41) is 15.8. The van der Waals surface area contributed by atoms with Crippen molar-refractivity contribution in [2.75, 3.05) is 7.11 Å². The maximum atomic E-state index is 11.3. The van der Waals surface area contributed by atoms with Crippen molar-refractivity contribution in [2.24, 2.45) is 40.2 Å². The predicted molar refractivity (Wildman–Crippen MR) is 127 cm³/mol. The molecule has 6 saturated carbocycles. The minimum absolute atomic E-state index is 0.231. The molecule has 0 amide bonds. The van der Waals surface area contributed by atoms with Gasteiger partial charge in [-0.2, -0.15) is 0 Å². The molecule has 7 aliphatic carbocycles. The van der Waals surface area contributed by atoms with Crippen molar-refractivity contribution in [3.8, 4) is 5.75 Å². The van der Waals surface area contributed by atoms with Crippen molar-refractivity contribution in [3.63, 3.8) is 0 Å². The third-order valence-corrected chi connectivity index (χ3v) is 11.4. The van der Waals surface area contributed by atoms with Crippen LogP contribution in [-0.2, 0) is 16.7 Å². The van der Waals surface area contributed by atoms with Crippen LogP contribution in [0.3, 0.4) is 0 Å². The molecule has 0 heterocycles. The van der Waals surface area contributed by atoms with Gasteiger partial charge in [-0.3, -0.25) is 0 Å². The van der Waals surface area contributed by atoms with E-state index in [1.807, 2.05) is 0 Å². The maximum absolute atomic E-state index is 11.3. The van der Waals surface area contributed by atoms with Gasteiger partial charge in [0.25, 0.3) is 0 Å². The average Bonchev–Trinajstić information content (AvgIpc) is 3.08. The Balaban J connectivity index is 1.26. The zero-order valence-electron chi connectivity index (χ0n) is 19.9. The summed E-state index contributed by atoms with van der Waals surface area (Å²) >= 11 is 0. The number of hydrogen-bond donors (Lipinski definition) is 1. The third-order valence-electron chi connectivity index (χ3n) is 11.4. The Kier molecular flexibility index (Phi) is 4.21. The highest BCUT2D eigenvalue weighted by atomic mass is 16.6. The fraction of sp³-hybridized carbons (Fsp3) is 0.759. The summed E-state index contributed by atoms with van der Waals surface area (Å²) in [4.78, 5) is 5.24. The predicted octanol–water partition coefficient (Wildman–Crippen LogP) is 6.72. The van der Waals surface area contributed by atoms with Gasteiger partial charge in [-0.15, -0.1) is 0 Å². The second-order valence-corrected chi connectivity index (χ2v) is 12.9. The van der Waals surface area contributed by atoms with E-state index in [0.29, 0.717) is 11.7 Å². The highest BCUT2D eigenvalue weighted by Crippen LogP contribution is 2.64. The molecule has 0 aromatic heterocycles. The van der Waals surface area contributed by atoms with Crippen LogP contribution in [0, 0.1) is 35.0 Å². The number of nitrogens with zero attached hydrogens (tertiary/aromatic N) is 1. The lowest BCUT2D eigenvalue weighted by Crippen LogP contribution is -2.48. The molecule has 4 bridgehead atoms. The number of rotatable bonds is 2. The van der Waals surface area contributed by atoms with E-state index >= 15 is 0 Å². The Hall–Kier alpha value is -1.51. The molecular weight excluding hydrogens is 394 g/mol. The monoisotopic (exact) mass is 433 g/mol. The quantitative estimate of drug-likeness (QED) is 0.526. The second-order valence-electron chi connectivity index (χ2n) is 12.9. The van der Waals surface area contributed by atoms with Crippen molar-refractivity contribution >= 4 is 5.71 Å². The number of phenols is 1. The van der Waals surface area contributed by atoms with Gasteiger partial charge in [0.05, 0.1) is 5.71 Å². The van der Waals surface area contributed by atoms with Gasteiger partial charge in [0.15, 0.2) is 0 Å².